The molecule has 0 spiro atoms. The van der Waals surface area contributed by atoms with Crippen LogP contribution in [0.15, 0.2) is 18.2 Å². The summed E-state index contributed by atoms with van der Waals surface area (Å²) < 4.78 is 30.2. The fraction of sp³-hybridized carbons (Fsp3) is 0.111. The number of amides is 1. The van der Waals surface area contributed by atoms with Gasteiger partial charge in [-0.2, -0.15) is 8.42 Å². The van der Waals surface area contributed by atoms with E-state index >= 15 is 0 Å². The van der Waals surface area contributed by atoms with Crippen LogP contribution >= 0.6 is 0 Å². The maximum atomic E-state index is 11.4. The van der Waals surface area contributed by atoms with E-state index in [1.807, 2.05) is 0 Å². The number of aromatic carboxylic acids is 1. The third-order valence-corrected chi connectivity index (χ3v) is 2.81. The molecule has 19 heavy (non-hydrogen) atoms. The fourth-order valence-corrected chi connectivity index (χ4v) is 1.88. The molecule has 0 saturated carbocycles. The minimum Gasteiger partial charge on any atom is -0.506 e. The number of ether oxygens (including phenoxy) is 1. The second-order valence-corrected chi connectivity index (χ2v) is 4.65. The number of carbonyl (C=O) groups excluding carboxylic acids is 1. The predicted octanol–water partition coefficient (Wildman–Crippen LogP) is 0.103. The number of aromatic hydroxyl groups is 1. The Hall–Kier alpha value is -2.49. The smallest absolute Gasteiger partial charge is 0.422 e. The van der Waals surface area contributed by atoms with Gasteiger partial charge in [0.2, 0.25) is 0 Å². The van der Waals surface area contributed by atoms with Gasteiger partial charge in [0, 0.05) is 0 Å². The summed E-state index contributed by atoms with van der Waals surface area (Å²) in [5.74, 6) is -1.80. The van der Waals surface area contributed by atoms with E-state index in [1.54, 1.807) is 4.72 Å². The Morgan fingerprint density at radius 2 is 1.95 bits per heavy atom. The topological polar surface area (TPSA) is 142 Å². The first-order valence-corrected chi connectivity index (χ1v) is 6.18. The van der Waals surface area contributed by atoms with Gasteiger partial charge in [-0.15, -0.1) is 0 Å². The van der Waals surface area contributed by atoms with Crippen molar-refractivity contribution in [3.8, 4) is 5.75 Å². The van der Waals surface area contributed by atoms with E-state index < -0.39 is 33.7 Å². The van der Waals surface area contributed by atoms with E-state index in [0.29, 0.717) is 0 Å². The molecule has 1 aromatic rings. The molecular weight excluding hydrogens is 280 g/mol. The van der Waals surface area contributed by atoms with Crippen LogP contribution in [-0.4, -0.2) is 37.8 Å². The number of rotatable bonds is 4. The number of anilines is 1. The molecule has 0 fully saturated rings. The molecule has 0 bridgehead atoms. The lowest BCUT2D eigenvalue weighted by Gasteiger charge is -2.10. The van der Waals surface area contributed by atoms with E-state index in [0.717, 1.165) is 25.3 Å². The number of carbonyl (C=O) groups is 2. The van der Waals surface area contributed by atoms with Gasteiger partial charge in [-0.1, -0.05) is 0 Å². The van der Waals surface area contributed by atoms with Crippen molar-refractivity contribution in [3.63, 3.8) is 0 Å². The molecule has 1 amide bonds. The zero-order chi connectivity index (χ0) is 14.6. The van der Waals surface area contributed by atoms with Crippen molar-refractivity contribution in [1.82, 2.24) is 4.72 Å². The zero-order valence-electron chi connectivity index (χ0n) is 9.58. The summed E-state index contributed by atoms with van der Waals surface area (Å²) in [6.07, 6.45) is -1.23. The van der Waals surface area contributed by atoms with E-state index in [2.05, 4.69) is 4.74 Å². The third kappa shape index (κ3) is 4.03. The number of phenolic OH excluding ortho intramolecular Hbond substituents is 1. The van der Waals surface area contributed by atoms with Crippen molar-refractivity contribution in [2.75, 3.05) is 11.8 Å². The Labute approximate surface area is 108 Å². The first kappa shape index (κ1) is 14.6. The maximum Gasteiger partial charge on any atom is 0.422 e. The van der Waals surface area contributed by atoms with Crippen molar-refractivity contribution in [2.45, 2.75) is 0 Å². The van der Waals surface area contributed by atoms with Crippen LogP contribution in [0.1, 0.15) is 10.4 Å². The van der Waals surface area contributed by atoms with Crippen LogP contribution in [0, 0.1) is 0 Å². The van der Waals surface area contributed by atoms with Crippen LogP contribution in [0.3, 0.4) is 0 Å². The van der Waals surface area contributed by atoms with E-state index in [1.165, 1.54) is 4.72 Å². The summed E-state index contributed by atoms with van der Waals surface area (Å²) in [7, 11) is -3.37. The molecule has 1 aromatic carbocycles. The molecule has 10 heteroatoms. The highest BCUT2D eigenvalue weighted by Gasteiger charge is 2.17. The highest BCUT2D eigenvalue weighted by molar-refractivity contribution is 7.91. The van der Waals surface area contributed by atoms with Crippen LogP contribution in [0.4, 0.5) is 10.5 Å². The number of methoxy groups -OCH3 is 1. The van der Waals surface area contributed by atoms with E-state index in [4.69, 9.17) is 5.11 Å². The normalized spacial score (nSPS) is 10.6. The molecule has 0 aliphatic rings. The van der Waals surface area contributed by atoms with Gasteiger partial charge < -0.3 is 14.9 Å². The number of hydrogen-bond acceptors (Lipinski definition) is 6. The first-order valence-electron chi connectivity index (χ1n) is 4.70. The summed E-state index contributed by atoms with van der Waals surface area (Å²) in [4.78, 5) is 21.5. The van der Waals surface area contributed by atoms with Gasteiger partial charge in [-0.25, -0.2) is 14.3 Å². The Kier molecular flexibility index (Phi) is 4.17. The Balaban J connectivity index is 3.02. The third-order valence-electron chi connectivity index (χ3n) is 1.89. The lowest BCUT2D eigenvalue weighted by Crippen LogP contribution is -2.35. The Morgan fingerprint density at radius 1 is 1.32 bits per heavy atom. The molecule has 0 radical (unpaired) electrons. The molecule has 9 nitrogen and oxygen atoms in total. The molecule has 0 heterocycles. The van der Waals surface area contributed by atoms with Crippen molar-refractivity contribution >= 4 is 28.0 Å². The average molecular weight is 290 g/mol. The van der Waals surface area contributed by atoms with Gasteiger partial charge in [0.1, 0.15) is 5.75 Å². The van der Waals surface area contributed by atoms with Crippen molar-refractivity contribution in [2.24, 2.45) is 0 Å². The van der Waals surface area contributed by atoms with Crippen LogP contribution in [0.25, 0.3) is 0 Å². The van der Waals surface area contributed by atoms with Gasteiger partial charge >= 0.3 is 22.3 Å². The number of benzene rings is 1. The number of nitrogens with one attached hydrogen (secondary N) is 2. The van der Waals surface area contributed by atoms with Crippen LogP contribution in [0.5, 0.6) is 5.75 Å². The van der Waals surface area contributed by atoms with Gasteiger partial charge in [-0.3, -0.25) is 4.72 Å². The van der Waals surface area contributed by atoms with Crippen molar-refractivity contribution < 1.29 is 33.0 Å². The summed E-state index contributed by atoms with van der Waals surface area (Å²) >= 11 is 0. The molecule has 104 valence electrons. The lowest BCUT2D eigenvalue weighted by molar-refractivity contribution is 0.0697. The number of phenols is 1. The number of carboxylic acid groups (broad SMARTS) is 1. The predicted molar refractivity (Wildman–Crippen MR) is 63.1 cm³/mol. The van der Waals surface area contributed by atoms with Crippen LogP contribution < -0.4 is 9.44 Å². The minimum absolute atomic E-state index is 0.242. The average Bonchev–Trinajstić information content (AvgIpc) is 2.30. The first-order chi connectivity index (χ1) is 8.75. The minimum atomic E-state index is -4.34. The summed E-state index contributed by atoms with van der Waals surface area (Å²) in [6.45, 7) is 0. The Morgan fingerprint density at radius 3 is 2.47 bits per heavy atom. The molecule has 1 rings (SSSR count). The summed E-state index contributed by atoms with van der Waals surface area (Å²) in [5, 5.41) is 18.1. The molecule has 0 saturated heterocycles. The second kappa shape index (κ2) is 5.44. The monoisotopic (exact) mass is 290 g/mol. The quantitative estimate of drug-likeness (QED) is 0.576. The lowest BCUT2D eigenvalue weighted by atomic mass is 10.2. The SMILES string of the molecule is COC(=O)NS(=O)(=O)Nc1cc(C(=O)O)ccc1O. The van der Waals surface area contributed by atoms with Gasteiger partial charge in [-0.05, 0) is 18.2 Å². The highest BCUT2D eigenvalue weighted by atomic mass is 32.2. The van der Waals surface area contributed by atoms with Crippen LogP contribution in [0.2, 0.25) is 0 Å². The van der Waals surface area contributed by atoms with Crippen LogP contribution in [-0.2, 0) is 14.9 Å². The largest absolute Gasteiger partial charge is 0.506 e. The fourth-order valence-electron chi connectivity index (χ4n) is 1.07. The standard InChI is InChI=1S/C9H10N2O7S/c1-18-9(15)11-19(16,17)10-6-4-5(8(13)14)2-3-7(6)12/h2-4,10,12H,1H3,(H,11,15)(H,13,14). The molecular formula is C9H10N2O7S. The number of carboxylic acids is 1. The molecule has 0 unspecified atom stereocenters. The molecule has 0 aliphatic heterocycles. The number of hydrogen-bond donors (Lipinski definition) is 4. The van der Waals surface area contributed by atoms with E-state index in [9.17, 15) is 23.1 Å². The Bertz CT molecular complexity index is 611. The van der Waals surface area contributed by atoms with Crippen molar-refractivity contribution in [1.29, 1.82) is 0 Å². The summed E-state index contributed by atoms with van der Waals surface area (Å²) in [6, 6.07) is 2.98. The maximum absolute atomic E-state index is 11.4. The zero-order valence-corrected chi connectivity index (χ0v) is 10.4. The summed E-state index contributed by atoms with van der Waals surface area (Å²) in [5.41, 5.74) is -0.634. The van der Waals surface area contributed by atoms with Gasteiger partial charge in [0.25, 0.3) is 0 Å². The van der Waals surface area contributed by atoms with Gasteiger partial charge in [0.05, 0.1) is 18.4 Å². The van der Waals surface area contributed by atoms with Crippen molar-refractivity contribution in [3.05, 3.63) is 23.8 Å². The molecule has 0 aromatic heterocycles. The van der Waals surface area contributed by atoms with Gasteiger partial charge in [0.15, 0.2) is 0 Å². The van der Waals surface area contributed by atoms with E-state index in [-0.39, 0.29) is 5.56 Å². The molecule has 0 atom stereocenters. The molecule has 4 N–H and O–H groups in total. The second-order valence-electron chi connectivity index (χ2n) is 3.24. The molecule has 0 aliphatic carbocycles. The highest BCUT2D eigenvalue weighted by Crippen LogP contribution is 2.24.